The van der Waals surface area contributed by atoms with Crippen LogP contribution in [-0.4, -0.2) is 29.9 Å². The summed E-state index contributed by atoms with van der Waals surface area (Å²) in [7, 11) is 0. The SMILES string of the molecule is O=Cc1ccc(C(=O)OCCCC(=O)O)cc1. The van der Waals surface area contributed by atoms with E-state index >= 15 is 0 Å². The van der Waals surface area contributed by atoms with Crippen LogP contribution in [-0.2, 0) is 9.53 Å². The molecule has 0 fully saturated rings. The van der Waals surface area contributed by atoms with E-state index in [1.807, 2.05) is 0 Å². The number of hydrogen-bond donors (Lipinski definition) is 1. The van der Waals surface area contributed by atoms with Gasteiger partial charge in [-0.2, -0.15) is 0 Å². The molecule has 0 bridgehead atoms. The van der Waals surface area contributed by atoms with Gasteiger partial charge >= 0.3 is 11.9 Å². The Hall–Kier alpha value is -2.17. The Morgan fingerprint density at radius 2 is 1.88 bits per heavy atom. The molecule has 0 aliphatic heterocycles. The van der Waals surface area contributed by atoms with Gasteiger partial charge in [0.1, 0.15) is 6.29 Å². The van der Waals surface area contributed by atoms with Gasteiger partial charge in [-0.3, -0.25) is 9.59 Å². The van der Waals surface area contributed by atoms with E-state index in [1.165, 1.54) is 24.3 Å². The second-order valence-corrected chi connectivity index (χ2v) is 3.37. The molecule has 90 valence electrons. The van der Waals surface area contributed by atoms with E-state index in [1.54, 1.807) is 0 Å². The van der Waals surface area contributed by atoms with Crippen LogP contribution in [0.4, 0.5) is 0 Å². The average molecular weight is 236 g/mol. The van der Waals surface area contributed by atoms with Crippen molar-refractivity contribution in [3.8, 4) is 0 Å². The van der Waals surface area contributed by atoms with Gasteiger partial charge in [-0.1, -0.05) is 12.1 Å². The van der Waals surface area contributed by atoms with Gasteiger partial charge < -0.3 is 9.84 Å². The summed E-state index contributed by atoms with van der Waals surface area (Å²) >= 11 is 0. The Morgan fingerprint density at radius 3 is 2.41 bits per heavy atom. The Labute approximate surface area is 98.0 Å². The molecule has 1 N–H and O–H groups in total. The predicted molar refractivity (Wildman–Crippen MR) is 59.0 cm³/mol. The number of aliphatic carboxylic acids is 1. The van der Waals surface area contributed by atoms with Gasteiger partial charge in [0.05, 0.1) is 12.2 Å². The van der Waals surface area contributed by atoms with Crippen molar-refractivity contribution in [2.24, 2.45) is 0 Å². The minimum Gasteiger partial charge on any atom is -0.481 e. The van der Waals surface area contributed by atoms with Crippen LogP contribution in [0, 0.1) is 0 Å². The second kappa shape index (κ2) is 6.42. The molecule has 0 heterocycles. The molecule has 0 saturated carbocycles. The van der Waals surface area contributed by atoms with E-state index in [0.29, 0.717) is 17.4 Å². The number of carbonyl (C=O) groups excluding carboxylic acids is 2. The van der Waals surface area contributed by atoms with Gasteiger partial charge in [-0.15, -0.1) is 0 Å². The Kier molecular flexibility index (Phi) is 4.87. The van der Waals surface area contributed by atoms with E-state index in [0.717, 1.165) is 0 Å². The zero-order valence-electron chi connectivity index (χ0n) is 9.09. The van der Waals surface area contributed by atoms with Gasteiger partial charge in [0.2, 0.25) is 0 Å². The predicted octanol–water partition coefficient (Wildman–Crippen LogP) is 1.52. The molecule has 0 radical (unpaired) electrons. The van der Waals surface area contributed by atoms with Crippen molar-refractivity contribution >= 4 is 18.2 Å². The lowest BCUT2D eigenvalue weighted by atomic mass is 10.1. The summed E-state index contributed by atoms with van der Waals surface area (Å²) < 4.78 is 4.86. The van der Waals surface area contributed by atoms with Crippen molar-refractivity contribution in [2.75, 3.05) is 6.61 Å². The quantitative estimate of drug-likeness (QED) is 0.460. The lowest BCUT2D eigenvalue weighted by Gasteiger charge is -2.03. The summed E-state index contributed by atoms with van der Waals surface area (Å²) in [6.45, 7) is 0.0700. The normalized spacial score (nSPS) is 9.65. The fourth-order valence-corrected chi connectivity index (χ4v) is 1.17. The highest BCUT2D eigenvalue weighted by molar-refractivity contribution is 5.90. The van der Waals surface area contributed by atoms with Crippen molar-refractivity contribution < 1.29 is 24.2 Å². The standard InChI is InChI=1S/C12H12O5/c13-8-9-3-5-10(6-4-9)12(16)17-7-1-2-11(14)15/h3-6,8H,1-2,7H2,(H,14,15). The number of benzene rings is 1. The zero-order valence-corrected chi connectivity index (χ0v) is 9.09. The zero-order chi connectivity index (χ0) is 12.7. The van der Waals surface area contributed by atoms with E-state index < -0.39 is 11.9 Å². The number of carboxylic acid groups (broad SMARTS) is 1. The molecule has 0 unspecified atom stereocenters. The first kappa shape index (κ1) is 12.9. The average Bonchev–Trinajstić information content (AvgIpc) is 2.34. The molecular weight excluding hydrogens is 224 g/mol. The summed E-state index contributed by atoms with van der Waals surface area (Å²) in [5.41, 5.74) is 0.818. The molecule has 0 spiro atoms. The van der Waals surface area contributed by atoms with Crippen LogP contribution in [0.3, 0.4) is 0 Å². The highest BCUT2D eigenvalue weighted by atomic mass is 16.5. The fraction of sp³-hybridized carbons (Fsp3) is 0.250. The third kappa shape index (κ3) is 4.46. The summed E-state index contributed by atoms with van der Waals surface area (Å²) in [4.78, 5) is 32.0. The molecule has 5 heteroatoms. The first-order chi connectivity index (χ1) is 8.13. The monoisotopic (exact) mass is 236 g/mol. The first-order valence-corrected chi connectivity index (χ1v) is 5.07. The van der Waals surface area contributed by atoms with E-state index in [4.69, 9.17) is 9.84 Å². The van der Waals surface area contributed by atoms with E-state index in [-0.39, 0.29) is 19.4 Å². The number of carbonyl (C=O) groups is 3. The largest absolute Gasteiger partial charge is 0.481 e. The number of esters is 1. The van der Waals surface area contributed by atoms with E-state index in [9.17, 15) is 14.4 Å². The van der Waals surface area contributed by atoms with Crippen LogP contribution in [0.5, 0.6) is 0 Å². The Bertz CT molecular complexity index is 407. The van der Waals surface area contributed by atoms with E-state index in [2.05, 4.69) is 0 Å². The Morgan fingerprint density at radius 1 is 1.24 bits per heavy atom. The van der Waals surface area contributed by atoms with Gasteiger partial charge in [0.25, 0.3) is 0 Å². The van der Waals surface area contributed by atoms with Crippen LogP contribution in [0.2, 0.25) is 0 Å². The first-order valence-electron chi connectivity index (χ1n) is 5.07. The maximum absolute atomic E-state index is 11.4. The van der Waals surface area contributed by atoms with Gasteiger partial charge in [0, 0.05) is 12.0 Å². The van der Waals surface area contributed by atoms with Crippen LogP contribution in [0.15, 0.2) is 24.3 Å². The van der Waals surface area contributed by atoms with Crippen LogP contribution in [0.25, 0.3) is 0 Å². The Balaban J connectivity index is 2.41. The summed E-state index contributed by atoms with van der Waals surface area (Å²) in [5.74, 6) is -1.44. The van der Waals surface area contributed by atoms with Crippen molar-refractivity contribution in [3.05, 3.63) is 35.4 Å². The number of aldehydes is 1. The van der Waals surface area contributed by atoms with Crippen molar-refractivity contribution in [3.63, 3.8) is 0 Å². The minimum absolute atomic E-state index is 0.0304. The third-order valence-corrected chi connectivity index (χ3v) is 2.05. The van der Waals surface area contributed by atoms with Gasteiger partial charge in [0.15, 0.2) is 0 Å². The molecule has 0 aliphatic rings. The lowest BCUT2D eigenvalue weighted by molar-refractivity contribution is -0.137. The lowest BCUT2D eigenvalue weighted by Crippen LogP contribution is -2.07. The van der Waals surface area contributed by atoms with Crippen LogP contribution < -0.4 is 0 Å². The third-order valence-electron chi connectivity index (χ3n) is 2.05. The highest BCUT2D eigenvalue weighted by Crippen LogP contribution is 2.05. The minimum atomic E-state index is -0.920. The molecule has 1 aromatic rings. The van der Waals surface area contributed by atoms with Crippen molar-refractivity contribution in [1.82, 2.24) is 0 Å². The molecule has 1 rings (SSSR count). The molecule has 0 atom stereocenters. The maximum Gasteiger partial charge on any atom is 0.338 e. The van der Waals surface area contributed by atoms with Crippen LogP contribution >= 0.6 is 0 Å². The topological polar surface area (TPSA) is 80.7 Å². The maximum atomic E-state index is 11.4. The smallest absolute Gasteiger partial charge is 0.338 e. The number of rotatable bonds is 6. The molecular formula is C12H12O5. The molecule has 5 nitrogen and oxygen atoms in total. The summed E-state index contributed by atoms with van der Waals surface area (Å²) in [6, 6.07) is 6.01. The van der Waals surface area contributed by atoms with Crippen LogP contribution in [0.1, 0.15) is 33.6 Å². The molecule has 17 heavy (non-hydrogen) atoms. The highest BCUT2D eigenvalue weighted by Gasteiger charge is 2.07. The molecule has 0 aromatic heterocycles. The summed E-state index contributed by atoms with van der Waals surface area (Å²) in [5, 5.41) is 8.38. The molecule has 0 amide bonds. The second-order valence-electron chi connectivity index (χ2n) is 3.37. The fourth-order valence-electron chi connectivity index (χ4n) is 1.17. The van der Waals surface area contributed by atoms with Crippen molar-refractivity contribution in [1.29, 1.82) is 0 Å². The molecule has 1 aromatic carbocycles. The number of hydrogen-bond acceptors (Lipinski definition) is 4. The molecule has 0 aliphatic carbocycles. The van der Waals surface area contributed by atoms with Crippen molar-refractivity contribution in [2.45, 2.75) is 12.8 Å². The van der Waals surface area contributed by atoms with Gasteiger partial charge in [-0.05, 0) is 18.6 Å². The molecule has 0 saturated heterocycles. The number of carboxylic acids is 1. The van der Waals surface area contributed by atoms with Gasteiger partial charge in [-0.25, -0.2) is 4.79 Å². The number of ether oxygens (including phenoxy) is 1. The summed E-state index contributed by atoms with van der Waals surface area (Å²) in [6.07, 6.45) is 0.937.